The zero-order chi connectivity index (χ0) is 91.8. The summed E-state index contributed by atoms with van der Waals surface area (Å²) in [7, 11) is 0. The van der Waals surface area contributed by atoms with Crippen LogP contribution in [-0.2, 0) is 5.41 Å². The zero-order valence-corrected chi connectivity index (χ0v) is 76.6. The second-order valence-electron chi connectivity index (χ2n) is 37.6. The molecule has 0 fully saturated rings. The number of furan rings is 5. The van der Waals surface area contributed by atoms with Crippen molar-refractivity contribution in [1.29, 1.82) is 0 Å². The number of hydrogen-bond acceptors (Lipinski definition) is 6. The van der Waals surface area contributed by atoms with E-state index in [-0.39, 0.29) is 5.41 Å². The number of fused-ring (bicyclic) bond motifs is 36. The quantitative estimate of drug-likeness (QED) is 0.171. The van der Waals surface area contributed by atoms with Crippen LogP contribution < -0.4 is 0 Å². The summed E-state index contributed by atoms with van der Waals surface area (Å²) in [6, 6.07) is 158. The third kappa shape index (κ3) is 11.6. The first-order valence-corrected chi connectivity index (χ1v) is 48.5. The van der Waals surface area contributed by atoms with E-state index < -0.39 is 0 Å². The average Bonchev–Trinajstić information content (AvgIpc) is 1.57. The van der Waals surface area contributed by atoms with Gasteiger partial charge in [0.1, 0.15) is 55.8 Å². The molecule has 10 nitrogen and oxygen atoms in total. The summed E-state index contributed by atoms with van der Waals surface area (Å²) in [6.07, 6.45) is 0. The third-order valence-electron chi connectivity index (χ3n) is 29.7. The van der Waals surface area contributed by atoms with Crippen LogP contribution in [0.15, 0.2) is 465 Å². The first-order chi connectivity index (χ1) is 69.2. The lowest BCUT2D eigenvalue weighted by molar-refractivity contribution is 0.660. The number of hydrogen-bond donors (Lipinski definition) is 0. The Morgan fingerprint density at radius 2 is 0.436 bits per heavy atom. The van der Waals surface area contributed by atoms with Crippen LogP contribution >= 0.6 is 11.3 Å². The number of benzene rings is 21. The minimum Gasteiger partial charge on any atom is -0.456 e. The van der Waals surface area contributed by atoms with Crippen LogP contribution in [-0.4, -0.2) is 22.8 Å². The Kier molecular flexibility index (Phi) is 16.7. The normalized spacial score (nSPS) is 12.7. The van der Waals surface area contributed by atoms with E-state index in [0.717, 1.165) is 116 Å². The van der Waals surface area contributed by atoms with Crippen molar-refractivity contribution in [2.45, 2.75) is 19.3 Å². The summed E-state index contributed by atoms with van der Waals surface area (Å²) in [5.41, 5.74) is 32.2. The molecule has 21 aromatic carbocycles. The second kappa shape index (κ2) is 29.9. The minimum absolute atomic E-state index is 0.0350. The second-order valence-corrected chi connectivity index (χ2v) is 38.7. The summed E-state index contributed by atoms with van der Waals surface area (Å²) in [5.74, 6) is 0. The van der Waals surface area contributed by atoms with E-state index >= 15 is 0 Å². The van der Waals surface area contributed by atoms with Crippen LogP contribution in [0.25, 0.3) is 278 Å². The summed E-state index contributed by atoms with van der Waals surface area (Å²) < 4.78 is 45.6. The predicted molar refractivity (Wildman–Crippen MR) is 584 cm³/mol. The maximum atomic E-state index is 6.31. The molecule has 11 aromatic heterocycles. The number of nitrogens with zero attached hydrogens (tertiary/aromatic N) is 5. The fourth-order valence-corrected chi connectivity index (χ4v) is 24.5. The fraction of sp³-hybridized carbons (Fsp3) is 0.0233. The highest BCUT2D eigenvalue weighted by atomic mass is 32.1. The molecule has 0 unspecified atom stereocenters. The van der Waals surface area contributed by atoms with Gasteiger partial charge in [-0.15, -0.1) is 11.3 Å². The van der Waals surface area contributed by atoms with Gasteiger partial charge in [-0.2, -0.15) is 0 Å². The largest absolute Gasteiger partial charge is 0.456 e. The van der Waals surface area contributed by atoms with Crippen LogP contribution in [0.1, 0.15) is 25.0 Å². The van der Waals surface area contributed by atoms with Gasteiger partial charge in [0, 0.05) is 186 Å². The van der Waals surface area contributed by atoms with Gasteiger partial charge in [-0.3, -0.25) is 0 Å². The Bertz CT molecular complexity index is 10900. The molecule has 32 aromatic rings. The molecule has 11 heterocycles. The highest BCUT2D eigenvalue weighted by Crippen LogP contribution is 2.52. The molecule has 0 bridgehead atoms. The van der Waals surface area contributed by atoms with Gasteiger partial charge in [0.15, 0.2) is 0 Å². The SMILES string of the molecule is CC1(C)c2ccccc2-c2ccc(-n3c4ccccc4c4cc5c(cc43)oc3ccccc35)cc21.c1ccc(-n2c3ccccc3c3cc(-n4c5ccccc5c5cc6c(cc54)oc4ccccc46)ccc32)cc1.c1ccc2c(c1)oc1cc3c(cc12)c1ccccc1n3-c1ccc2c(c1)sc1ccccc12.c1ccc2c(c1)oc1ccc(-n3c4ccccc4c4cc5c(cc43)oc3ccccc35)cc12. The molecule has 0 spiro atoms. The molecule has 0 N–H and O–H groups in total. The summed E-state index contributed by atoms with van der Waals surface area (Å²) in [5, 5.41) is 26.6. The molecule has 0 aliphatic heterocycles. The number of aromatic nitrogens is 5. The standard InChI is InChI=1S/C36H22N2O.C33H23NO.C30H17NO2.C30H17NOS/c1-2-10-23(11-3-1)37-31-15-7-4-12-25(31)28-20-24(18-19-33(28)37)38-32-16-8-5-13-26(32)29-21-30-27-14-6-9-17-35(27)39-36(30)22-34(29)38;1-33(2)27-12-6-3-9-21(27)22-16-15-20(17-28(22)33)34-29-13-7-4-10-23(29)25-18-26-24-11-5-8-14-31(24)35-32(26)19-30(25)34;1-4-10-25-19(7-1)22-16-24-21-9-3-6-12-28(21)33-30(24)17-26(22)31(25)18-13-14-29-23(15-18)20-8-2-5-11-27(20)32-29;1-4-10-25-19(7-1)23-16-24-20-8-2-5-11-27(20)32-28(24)17-26(23)31(25)18-13-14-22-21-9-3-6-12-29(21)33-30(22)15-18/h1-22H;3-19H,1-2H3;2*1-17H. The predicted octanol–water partition coefficient (Wildman–Crippen LogP) is 36.4. The van der Waals surface area contributed by atoms with Gasteiger partial charge in [-0.25, -0.2) is 0 Å². The lowest BCUT2D eigenvalue weighted by Crippen LogP contribution is -2.15. The molecular weight excluding hydrogens is 1730 g/mol. The van der Waals surface area contributed by atoms with Crippen molar-refractivity contribution in [3.05, 3.63) is 454 Å². The van der Waals surface area contributed by atoms with Crippen molar-refractivity contribution in [3.8, 4) is 39.6 Å². The maximum Gasteiger partial charge on any atom is 0.137 e. The Hall–Kier alpha value is -18.2. The van der Waals surface area contributed by atoms with Crippen LogP contribution in [0.3, 0.4) is 0 Å². The van der Waals surface area contributed by atoms with Crippen LogP contribution in [0.2, 0.25) is 0 Å². The van der Waals surface area contributed by atoms with Gasteiger partial charge in [-0.05, 0) is 186 Å². The van der Waals surface area contributed by atoms with Gasteiger partial charge in [-0.1, -0.05) is 269 Å². The molecule has 0 atom stereocenters. The number of thiophene rings is 1. The Morgan fingerprint density at radius 3 is 0.871 bits per heavy atom. The Morgan fingerprint density at radius 1 is 0.157 bits per heavy atom. The summed E-state index contributed by atoms with van der Waals surface area (Å²) in [6.45, 7) is 4.68. The fourth-order valence-electron chi connectivity index (χ4n) is 23.4. The van der Waals surface area contributed by atoms with E-state index in [4.69, 9.17) is 22.1 Å². The van der Waals surface area contributed by atoms with Crippen molar-refractivity contribution >= 4 is 250 Å². The zero-order valence-electron chi connectivity index (χ0n) is 75.8. The Labute approximate surface area is 802 Å². The molecule has 0 saturated carbocycles. The highest BCUT2D eigenvalue weighted by molar-refractivity contribution is 7.25. The van der Waals surface area contributed by atoms with Gasteiger partial charge in [0.05, 0.1) is 55.2 Å². The number of rotatable bonds is 5. The minimum atomic E-state index is -0.0350. The summed E-state index contributed by atoms with van der Waals surface area (Å²) >= 11 is 1.86. The highest BCUT2D eigenvalue weighted by Gasteiger charge is 2.36. The van der Waals surface area contributed by atoms with E-state index in [1.54, 1.807) is 0 Å². The molecular formula is C129H79N5O5S. The van der Waals surface area contributed by atoms with E-state index in [1.807, 2.05) is 72.0 Å². The average molecular weight is 1810 g/mol. The van der Waals surface area contributed by atoms with Gasteiger partial charge < -0.3 is 44.9 Å². The van der Waals surface area contributed by atoms with E-state index in [1.165, 1.54) is 174 Å². The lowest BCUT2D eigenvalue weighted by Gasteiger charge is -2.22. The monoisotopic (exact) mass is 1810 g/mol. The number of para-hydroxylation sites is 11. The van der Waals surface area contributed by atoms with Crippen molar-refractivity contribution < 1.29 is 22.1 Å². The van der Waals surface area contributed by atoms with Crippen molar-refractivity contribution in [1.82, 2.24) is 22.8 Å². The van der Waals surface area contributed by atoms with Crippen LogP contribution in [0.4, 0.5) is 0 Å². The smallest absolute Gasteiger partial charge is 0.137 e. The van der Waals surface area contributed by atoms with Crippen molar-refractivity contribution in [3.63, 3.8) is 0 Å². The van der Waals surface area contributed by atoms with Gasteiger partial charge in [0.25, 0.3) is 0 Å². The third-order valence-corrected chi connectivity index (χ3v) is 30.8. The molecule has 140 heavy (non-hydrogen) atoms. The molecule has 0 radical (unpaired) electrons. The molecule has 11 heteroatoms. The van der Waals surface area contributed by atoms with Gasteiger partial charge >= 0.3 is 0 Å². The first kappa shape index (κ1) is 78.2. The van der Waals surface area contributed by atoms with E-state index in [9.17, 15) is 0 Å². The maximum absolute atomic E-state index is 6.31. The van der Waals surface area contributed by atoms with Crippen LogP contribution in [0, 0.1) is 0 Å². The topological polar surface area (TPSA) is 90.4 Å². The van der Waals surface area contributed by atoms with E-state index in [0.29, 0.717) is 0 Å². The molecule has 656 valence electrons. The van der Waals surface area contributed by atoms with Gasteiger partial charge in [0.2, 0.25) is 0 Å². The van der Waals surface area contributed by atoms with Crippen LogP contribution in [0.5, 0.6) is 0 Å². The lowest BCUT2D eigenvalue weighted by atomic mass is 9.82. The molecule has 1 aliphatic carbocycles. The molecule has 1 aliphatic rings. The van der Waals surface area contributed by atoms with Crippen molar-refractivity contribution in [2.75, 3.05) is 0 Å². The summed E-state index contributed by atoms with van der Waals surface area (Å²) in [4.78, 5) is 0. The first-order valence-electron chi connectivity index (χ1n) is 47.7. The molecule has 0 saturated heterocycles. The van der Waals surface area contributed by atoms with Crippen molar-refractivity contribution in [2.24, 2.45) is 0 Å². The Balaban J connectivity index is 0.0000000879. The van der Waals surface area contributed by atoms with E-state index in [2.05, 4.69) is 419 Å². The molecule has 33 rings (SSSR count). The molecule has 0 amide bonds.